The van der Waals surface area contributed by atoms with E-state index >= 15 is 0 Å². The summed E-state index contributed by atoms with van der Waals surface area (Å²) in [5, 5.41) is 0. The third-order valence-electron chi connectivity index (χ3n) is 8.28. The summed E-state index contributed by atoms with van der Waals surface area (Å²) < 4.78 is 0. The minimum absolute atomic E-state index is 0.409. The first-order valence-electron chi connectivity index (χ1n) is 16.9. The molecule has 2 aromatic carbocycles. The van der Waals surface area contributed by atoms with E-state index in [9.17, 15) is 9.59 Å². The van der Waals surface area contributed by atoms with E-state index in [1.165, 1.54) is 140 Å². The van der Waals surface area contributed by atoms with Crippen LogP contribution < -0.4 is 0 Å². The van der Waals surface area contributed by atoms with E-state index in [2.05, 4.69) is 13.8 Å². The molecule has 0 fully saturated rings. The Morgan fingerprint density at radius 3 is 0.900 bits per heavy atom. The molecule has 0 saturated carbocycles. The molecule has 222 valence electrons. The van der Waals surface area contributed by atoms with Crippen LogP contribution in [0.2, 0.25) is 0 Å². The Kier molecular flexibility index (Phi) is 19.1. The van der Waals surface area contributed by atoms with Gasteiger partial charge in [-0.2, -0.15) is 0 Å². The molecule has 0 saturated heterocycles. The summed E-state index contributed by atoms with van der Waals surface area (Å²) in [6.45, 7) is 4.54. The van der Waals surface area contributed by atoms with E-state index < -0.39 is 11.6 Å². The Morgan fingerprint density at radius 1 is 0.375 bits per heavy atom. The first-order chi connectivity index (χ1) is 19.7. The Labute approximate surface area is 246 Å². The van der Waals surface area contributed by atoms with Gasteiger partial charge in [-0.15, -0.1) is 0 Å². The van der Waals surface area contributed by atoms with Crippen LogP contribution in [0, 0.1) is 0 Å². The van der Waals surface area contributed by atoms with Crippen molar-refractivity contribution in [2.75, 3.05) is 0 Å². The van der Waals surface area contributed by atoms with E-state index in [1.54, 1.807) is 0 Å². The number of rotatable bonds is 25. The Bertz CT molecular complexity index is 832. The highest BCUT2D eigenvalue weighted by Gasteiger charge is 2.18. The molecule has 2 aromatic rings. The van der Waals surface area contributed by atoms with Gasteiger partial charge in [0.15, 0.2) is 0 Å². The van der Waals surface area contributed by atoms with Gasteiger partial charge in [0.25, 0.3) is 0 Å². The van der Waals surface area contributed by atoms with Crippen LogP contribution in [-0.2, 0) is 12.8 Å². The van der Waals surface area contributed by atoms with Crippen molar-refractivity contribution in [3.63, 3.8) is 0 Å². The van der Waals surface area contributed by atoms with E-state index in [0.717, 1.165) is 12.8 Å². The predicted molar refractivity (Wildman–Crippen MR) is 173 cm³/mol. The van der Waals surface area contributed by atoms with Gasteiger partial charge in [-0.05, 0) is 36.8 Å². The van der Waals surface area contributed by atoms with Gasteiger partial charge in [0.2, 0.25) is 11.6 Å². The molecule has 0 unspecified atom stereocenters. The number of hydrogen-bond acceptors (Lipinski definition) is 2. The summed E-state index contributed by atoms with van der Waals surface area (Å²) in [5.74, 6) is -0.819. The fourth-order valence-corrected chi connectivity index (χ4v) is 5.54. The number of unbranched alkanes of at least 4 members (excludes halogenated alkanes) is 18. The molecule has 0 amide bonds. The number of carbonyl (C=O) groups excluding carboxylic acids is 2. The largest absolute Gasteiger partial charge is 0.285 e. The molecule has 0 bridgehead atoms. The molecule has 0 aromatic heterocycles. The van der Waals surface area contributed by atoms with Crippen molar-refractivity contribution in [2.24, 2.45) is 0 Å². The summed E-state index contributed by atoms with van der Waals surface area (Å²) in [6.07, 6.45) is 28.8. The molecule has 0 radical (unpaired) electrons. The van der Waals surface area contributed by atoms with Gasteiger partial charge < -0.3 is 0 Å². The van der Waals surface area contributed by atoms with Crippen molar-refractivity contribution in [3.05, 3.63) is 70.8 Å². The van der Waals surface area contributed by atoms with Crippen molar-refractivity contribution < 1.29 is 9.59 Å². The monoisotopic (exact) mass is 546 g/mol. The van der Waals surface area contributed by atoms with Gasteiger partial charge in [0.1, 0.15) is 0 Å². The maximum Gasteiger partial charge on any atom is 0.233 e. The van der Waals surface area contributed by atoms with Crippen molar-refractivity contribution in [2.45, 2.75) is 155 Å². The average molecular weight is 547 g/mol. The summed E-state index contributed by atoms with van der Waals surface area (Å²) in [5.41, 5.74) is 3.48. The maximum absolute atomic E-state index is 12.8. The second-order valence-electron chi connectivity index (χ2n) is 11.9. The molecule has 0 aliphatic heterocycles. The molecule has 2 nitrogen and oxygen atoms in total. The smallest absolute Gasteiger partial charge is 0.233 e. The Balaban J connectivity index is 1.61. The summed E-state index contributed by atoms with van der Waals surface area (Å²) in [7, 11) is 0. The molecule has 0 N–H and O–H groups in total. The first-order valence-corrected chi connectivity index (χ1v) is 16.9. The molecule has 0 spiro atoms. The number of Topliss-reactive ketones (excluding diaryl/α,β-unsaturated/α-hetero) is 2. The molecular formula is C38H58O2. The SMILES string of the molecule is CCCCCCCCCCCCc1ccc(C(=O)C(=O)c2ccc(CCCCCCCCCCCC)cc2)cc1. The van der Waals surface area contributed by atoms with Crippen molar-refractivity contribution in [1.82, 2.24) is 0 Å². The first kappa shape index (κ1) is 34.0. The second kappa shape index (κ2) is 22.5. The van der Waals surface area contributed by atoms with Crippen molar-refractivity contribution in [1.29, 1.82) is 0 Å². The lowest BCUT2D eigenvalue weighted by Gasteiger charge is -2.06. The van der Waals surface area contributed by atoms with Gasteiger partial charge in [-0.3, -0.25) is 9.59 Å². The molecule has 0 heterocycles. The highest BCUT2D eigenvalue weighted by Crippen LogP contribution is 2.16. The Morgan fingerprint density at radius 2 is 0.625 bits per heavy atom. The van der Waals surface area contributed by atoms with Crippen LogP contribution in [0.25, 0.3) is 0 Å². The van der Waals surface area contributed by atoms with Crippen LogP contribution in [0.4, 0.5) is 0 Å². The molecule has 2 rings (SSSR count). The van der Waals surface area contributed by atoms with Gasteiger partial charge in [0, 0.05) is 11.1 Å². The van der Waals surface area contributed by atoms with Gasteiger partial charge >= 0.3 is 0 Å². The zero-order valence-corrected chi connectivity index (χ0v) is 26.0. The highest BCUT2D eigenvalue weighted by molar-refractivity contribution is 6.49. The number of benzene rings is 2. The van der Waals surface area contributed by atoms with Crippen LogP contribution in [0.1, 0.15) is 174 Å². The fourth-order valence-electron chi connectivity index (χ4n) is 5.54. The van der Waals surface area contributed by atoms with Gasteiger partial charge in [0.05, 0.1) is 0 Å². The third kappa shape index (κ3) is 15.0. The van der Waals surface area contributed by atoms with E-state index in [-0.39, 0.29) is 0 Å². The predicted octanol–water partition coefficient (Wildman–Crippen LogP) is 11.7. The summed E-state index contributed by atoms with van der Waals surface area (Å²) in [4.78, 5) is 25.6. The van der Waals surface area contributed by atoms with Crippen LogP contribution in [-0.4, -0.2) is 11.6 Å². The van der Waals surface area contributed by atoms with Crippen LogP contribution >= 0.6 is 0 Å². The van der Waals surface area contributed by atoms with E-state index in [1.807, 2.05) is 48.5 Å². The third-order valence-corrected chi connectivity index (χ3v) is 8.28. The minimum atomic E-state index is -0.409. The molecule has 0 aliphatic carbocycles. The molecule has 0 aliphatic rings. The zero-order valence-electron chi connectivity index (χ0n) is 26.0. The minimum Gasteiger partial charge on any atom is -0.285 e. The number of ketones is 2. The van der Waals surface area contributed by atoms with Crippen LogP contribution in [0.5, 0.6) is 0 Å². The second-order valence-corrected chi connectivity index (χ2v) is 11.9. The quantitative estimate of drug-likeness (QED) is 0.0705. The molecular weight excluding hydrogens is 488 g/mol. The van der Waals surface area contributed by atoms with Gasteiger partial charge in [-0.1, -0.05) is 178 Å². The molecule has 0 atom stereocenters. The number of carbonyl (C=O) groups is 2. The topological polar surface area (TPSA) is 34.1 Å². The van der Waals surface area contributed by atoms with Gasteiger partial charge in [-0.25, -0.2) is 0 Å². The number of aryl methyl sites for hydroxylation is 2. The maximum atomic E-state index is 12.8. The lowest BCUT2D eigenvalue weighted by molar-refractivity contribution is 0.0817. The van der Waals surface area contributed by atoms with E-state index in [0.29, 0.717) is 11.1 Å². The lowest BCUT2D eigenvalue weighted by atomic mass is 9.97. The lowest BCUT2D eigenvalue weighted by Crippen LogP contribution is -2.14. The van der Waals surface area contributed by atoms with E-state index in [4.69, 9.17) is 0 Å². The summed E-state index contributed by atoms with van der Waals surface area (Å²) >= 11 is 0. The average Bonchev–Trinajstić information content (AvgIpc) is 2.99. The summed E-state index contributed by atoms with van der Waals surface area (Å²) in [6, 6.07) is 15.4. The van der Waals surface area contributed by atoms with Crippen molar-refractivity contribution in [3.8, 4) is 0 Å². The van der Waals surface area contributed by atoms with Crippen LogP contribution in [0.15, 0.2) is 48.5 Å². The molecule has 40 heavy (non-hydrogen) atoms. The zero-order chi connectivity index (χ0) is 28.7. The fraction of sp³-hybridized carbons (Fsp3) is 0.632. The normalized spacial score (nSPS) is 11.2. The molecule has 2 heteroatoms. The highest BCUT2D eigenvalue weighted by atomic mass is 16.2. The van der Waals surface area contributed by atoms with Crippen LogP contribution in [0.3, 0.4) is 0 Å². The Hall–Kier alpha value is -2.22. The van der Waals surface area contributed by atoms with Crippen molar-refractivity contribution >= 4 is 11.6 Å². The number of hydrogen-bond donors (Lipinski definition) is 0. The standard InChI is InChI=1S/C38H58O2/c1-3-5-7-9-11-13-15-17-19-21-23-33-25-29-35(30-26-33)37(39)38(40)36-31-27-34(28-32-36)24-22-20-18-16-14-12-10-8-6-4-2/h25-32H,3-24H2,1-2H3.